The summed E-state index contributed by atoms with van der Waals surface area (Å²) in [5.41, 5.74) is 2.15. The predicted octanol–water partition coefficient (Wildman–Crippen LogP) is 2.31. The Morgan fingerprint density at radius 3 is 2.59 bits per heavy atom. The lowest BCUT2D eigenvalue weighted by molar-refractivity contribution is 0.597. The van der Waals surface area contributed by atoms with Crippen molar-refractivity contribution in [2.75, 3.05) is 13.6 Å². The second-order valence-electron chi connectivity index (χ2n) is 4.76. The third-order valence-corrected chi connectivity index (χ3v) is 2.99. The van der Waals surface area contributed by atoms with Crippen molar-refractivity contribution in [3.05, 3.63) is 53.6 Å². The monoisotopic (exact) mass is 417 g/mol. The maximum absolute atomic E-state index is 12.8. The molecule has 0 aliphatic heterocycles. The van der Waals surface area contributed by atoms with Gasteiger partial charge in [-0.15, -0.1) is 24.0 Å². The Hall–Kier alpha value is -1.64. The predicted molar refractivity (Wildman–Crippen MR) is 97.0 cm³/mol. The van der Waals surface area contributed by atoms with Gasteiger partial charge in [0.25, 0.3) is 0 Å². The number of nitrogens with zero attached hydrogens (tertiary/aromatic N) is 3. The number of rotatable bonds is 5. The number of guanidine groups is 1. The maximum atomic E-state index is 12.8. The lowest BCUT2D eigenvalue weighted by Gasteiger charge is -2.12. The molecule has 120 valence electrons. The summed E-state index contributed by atoms with van der Waals surface area (Å²) in [6.45, 7) is 4.11. The first-order valence-electron chi connectivity index (χ1n) is 6.85. The lowest BCUT2D eigenvalue weighted by atomic mass is 10.2. The van der Waals surface area contributed by atoms with Crippen LogP contribution in [0.3, 0.4) is 0 Å². The van der Waals surface area contributed by atoms with E-state index in [0.29, 0.717) is 12.5 Å². The van der Waals surface area contributed by atoms with Gasteiger partial charge in [-0.25, -0.2) is 4.39 Å². The average molecular weight is 417 g/mol. The summed E-state index contributed by atoms with van der Waals surface area (Å²) in [6.07, 6.45) is 3.83. The summed E-state index contributed by atoms with van der Waals surface area (Å²) >= 11 is 0. The Morgan fingerprint density at radius 2 is 2.00 bits per heavy atom. The van der Waals surface area contributed by atoms with Crippen LogP contribution in [0.25, 0.3) is 0 Å². The van der Waals surface area contributed by atoms with Crippen LogP contribution in [0.2, 0.25) is 0 Å². The maximum Gasteiger partial charge on any atom is 0.191 e. The molecule has 2 aromatic rings. The van der Waals surface area contributed by atoms with Gasteiger partial charge < -0.3 is 10.6 Å². The van der Waals surface area contributed by atoms with Gasteiger partial charge in [-0.1, -0.05) is 12.1 Å². The van der Waals surface area contributed by atoms with Crippen molar-refractivity contribution >= 4 is 29.9 Å². The highest BCUT2D eigenvalue weighted by Gasteiger charge is 1.99. The fourth-order valence-electron chi connectivity index (χ4n) is 1.89. The van der Waals surface area contributed by atoms with Gasteiger partial charge in [-0.05, 0) is 30.2 Å². The smallest absolute Gasteiger partial charge is 0.191 e. The van der Waals surface area contributed by atoms with E-state index in [0.717, 1.165) is 24.2 Å². The zero-order chi connectivity index (χ0) is 15.1. The van der Waals surface area contributed by atoms with Crippen LogP contribution in [-0.2, 0) is 13.1 Å². The number of aromatic nitrogens is 2. The lowest BCUT2D eigenvalue weighted by Crippen LogP contribution is -2.38. The van der Waals surface area contributed by atoms with Gasteiger partial charge in [-0.2, -0.15) is 5.10 Å². The van der Waals surface area contributed by atoms with E-state index < -0.39 is 0 Å². The Labute approximate surface area is 147 Å². The second-order valence-corrected chi connectivity index (χ2v) is 4.76. The van der Waals surface area contributed by atoms with Crippen LogP contribution >= 0.6 is 24.0 Å². The number of hydrogen-bond acceptors (Lipinski definition) is 2. The van der Waals surface area contributed by atoms with Crippen molar-refractivity contribution in [2.24, 2.45) is 4.99 Å². The third-order valence-electron chi connectivity index (χ3n) is 2.99. The Kier molecular flexibility index (Phi) is 7.86. The molecule has 1 heterocycles. The highest BCUT2D eigenvalue weighted by Crippen LogP contribution is 2.01. The van der Waals surface area contributed by atoms with Gasteiger partial charge in [0.15, 0.2) is 5.96 Å². The van der Waals surface area contributed by atoms with E-state index >= 15 is 0 Å². The van der Waals surface area contributed by atoms with E-state index in [-0.39, 0.29) is 29.8 Å². The van der Waals surface area contributed by atoms with Crippen LogP contribution in [-0.4, -0.2) is 29.3 Å². The molecule has 0 saturated carbocycles. The normalized spacial score (nSPS) is 11.0. The number of halogens is 2. The standard InChI is InChI=1S/C15H20FN5.HI/c1-12-9-20-21(11-12)8-7-18-15(17-2)19-10-13-3-5-14(16)6-4-13;/h3-6,9,11H,7-8,10H2,1-2H3,(H2,17,18,19);1H. The van der Waals surface area contributed by atoms with Crippen LogP contribution in [0.15, 0.2) is 41.7 Å². The highest BCUT2D eigenvalue weighted by atomic mass is 127. The average Bonchev–Trinajstić information content (AvgIpc) is 2.90. The van der Waals surface area contributed by atoms with E-state index in [9.17, 15) is 4.39 Å². The van der Waals surface area contributed by atoms with Crippen LogP contribution in [0.4, 0.5) is 4.39 Å². The Balaban J connectivity index is 0.00000242. The molecule has 0 fully saturated rings. The van der Waals surface area contributed by atoms with Gasteiger partial charge >= 0.3 is 0 Å². The quantitative estimate of drug-likeness (QED) is 0.446. The Morgan fingerprint density at radius 1 is 1.27 bits per heavy atom. The topological polar surface area (TPSA) is 54.2 Å². The molecule has 5 nitrogen and oxygen atoms in total. The van der Waals surface area contributed by atoms with Crippen LogP contribution < -0.4 is 10.6 Å². The number of hydrogen-bond donors (Lipinski definition) is 2. The summed E-state index contributed by atoms with van der Waals surface area (Å²) < 4.78 is 14.7. The largest absolute Gasteiger partial charge is 0.355 e. The molecule has 0 spiro atoms. The summed E-state index contributed by atoms with van der Waals surface area (Å²) in [7, 11) is 1.72. The number of aryl methyl sites for hydroxylation is 1. The fourth-order valence-corrected chi connectivity index (χ4v) is 1.89. The second kappa shape index (κ2) is 9.39. The molecule has 0 radical (unpaired) electrons. The Bertz CT molecular complexity index is 594. The minimum absolute atomic E-state index is 0. The minimum Gasteiger partial charge on any atom is -0.355 e. The van der Waals surface area contributed by atoms with Crippen LogP contribution in [0.1, 0.15) is 11.1 Å². The molecule has 1 aromatic heterocycles. The zero-order valence-electron chi connectivity index (χ0n) is 12.7. The highest BCUT2D eigenvalue weighted by molar-refractivity contribution is 14.0. The van der Waals surface area contributed by atoms with E-state index in [1.807, 2.05) is 24.0 Å². The van der Waals surface area contributed by atoms with E-state index in [1.54, 1.807) is 19.2 Å². The van der Waals surface area contributed by atoms with Crippen molar-refractivity contribution in [3.63, 3.8) is 0 Å². The number of nitrogens with one attached hydrogen (secondary N) is 2. The first-order valence-corrected chi connectivity index (χ1v) is 6.85. The van der Waals surface area contributed by atoms with E-state index in [1.165, 1.54) is 12.1 Å². The van der Waals surface area contributed by atoms with E-state index in [4.69, 9.17) is 0 Å². The minimum atomic E-state index is -0.226. The summed E-state index contributed by atoms with van der Waals surface area (Å²) in [6, 6.07) is 6.41. The summed E-state index contributed by atoms with van der Waals surface area (Å²) in [4.78, 5) is 4.15. The van der Waals surface area contributed by atoms with Crippen molar-refractivity contribution in [1.29, 1.82) is 0 Å². The van der Waals surface area contributed by atoms with Crippen molar-refractivity contribution in [3.8, 4) is 0 Å². The first kappa shape index (κ1) is 18.4. The zero-order valence-corrected chi connectivity index (χ0v) is 15.0. The van der Waals surface area contributed by atoms with Gasteiger partial charge in [0.2, 0.25) is 0 Å². The molecule has 0 saturated heterocycles. The molecule has 1 aromatic carbocycles. The molecule has 0 aliphatic carbocycles. The van der Waals surface area contributed by atoms with Gasteiger partial charge in [0.1, 0.15) is 5.82 Å². The summed E-state index contributed by atoms with van der Waals surface area (Å²) in [5, 5.41) is 10.6. The molecule has 2 N–H and O–H groups in total. The molecular weight excluding hydrogens is 396 g/mol. The van der Waals surface area contributed by atoms with Crippen LogP contribution in [0, 0.1) is 12.7 Å². The van der Waals surface area contributed by atoms with Gasteiger partial charge in [-0.3, -0.25) is 9.67 Å². The number of benzene rings is 1. The molecule has 0 unspecified atom stereocenters. The third kappa shape index (κ3) is 6.00. The molecule has 22 heavy (non-hydrogen) atoms. The van der Waals surface area contributed by atoms with Crippen molar-refractivity contribution in [1.82, 2.24) is 20.4 Å². The van der Waals surface area contributed by atoms with Gasteiger partial charge in [0.05, 0.1) is 12.7 Å². The van der Waals surface area contributed by atoms with Crippen LogP contribution in [0.5, 0.6) is 0 Å². The van der Waals surface area contributed by atoms with Crippen molar-refractivity contribution < 1.29 is 4.39 Å². The molecule has 0 aliphatic rings. The SMILES string of the molecule is CN=C(NCCn1cc(C)cn1)NCc1ccc(F)cc1.I. The first-order chi connectivity index (χ1) is 10.2. The molecular formula is C15H21FIN5. The fraction of sp³-hybridized carbons (Fsp3) is 0.333. The van der Waals surface area contributed by atoms with Gasteiger partial charge in [0, 0.05) is 26.3 Å². The van der Waals surface area contributed by atoms with Crippen molar-refractivity contribution in [2.45, 2.75) is 20.0 Å². The molecule has 0 amide bonds. The van der Waals surface area contributed by atoms with E-state index in [2.05, 4.69) is 20.7 Å². The molecule has 2 rings (SSSR count). The summed E-state index contributed by atoms with van der Waals surface area (Å²) in [5.74, 6) is 0.485. The molecule has 7 heteroatoms. The number of aliphatic imine (C=N–C) groups is 1. The molecule has 0 atom stereocenters. The molecule has 0 bridgehead atoms.